The van der Waals surface area contributed by atoms with E-state index in [2.05, 4.69) is 12.2 Å². The maximum atomic E-state index is 12.1. The van der Waals surface area contributed by atoms with E-state index in [0.29, 0.717) is 18.1 Å². The van der Waals surface area contributed by atoms with Gasteiger partial charge in [0.2, 0.25) is 5.91 Å². The molecule has 1 amide bonds. The predicted molar refractivity (Wildman–Crippen MR) is 97.6 cm³/mol. The van der Waals surface area contributed by atoms with E-state index in [4.69, 9.17) is 9.47 Å². The Kier molecular flexibility index (Phi) is 6.43. The van der Waals surface area contributed by atoms with Gasteiger partial charge in [0, 0.05) is 11.8 Å². The minimum absolute atomic E-state index is 0.163. The third kappa shape index (κ3) is 4.62. The van der Waals surface area contributed by atoms with E-state index in [-0.39, 0.29) is 5.91 Å². The number of carbonyl (C=O) groups is 1. The molecule has 0 saturated heterocycles. The Labute approximate surface area is 143 Å². The molecular weight excluding hydrogens is 302 g/mol. The van der Waals surface area contributed by atoms with Crippen molar-refractivity contribution in [1.29, 1.82) is 0 Å². The van der Waals surface area contributed by atoms with Crippen LogP contribution in [0.15, 0.2) is 48.5 Å². The number of nitrogens with one attached hydrogen (secondary N) is 1. The Hall–Kier alpha value is -2.75. The van der Waals surface area contributed by atoms with Gasteiger partial charge < -0.3 is 14.8 Å². The molecule has 4 heteroatoms. The molecule has 24 heavy (non-hydrogen) atoms. The first-order valence-electron chi connectivity index (χ1n) is 8.05. The number of hydrogen-bond donors (Lipinski definition) is 1. The Morgan fingerprint density at radius 1 is 1.12 bits per heavy atom. The fourth-order valence-electron chi connectivity index (χ4n) is 2.36. The molecule has 0 saturated carbocycles. The molecule has 4 nitrogen and oxygen atoms in total. The highest BCUT2D eigenvalue weighted by Crippen LogP contribution is 2.28. The van der Waals surface area contributed by atoms with Gasteiger partial charge in [0.15, 0.2) is 11.5 Å². The van der Waals surface area contributed by atoms with Crippen LogP contribution in [-0.4, -0.2) is 19.6 Å². The molecule has 0 aliphatic rings. The van der Waals surface area contributed by atoms with Crippen molar-refractivity contribution in [3.05, 3.63) is 59.7 Å². The standard InChI is InChI=1S/C20H23NO3/c1-4-16-8-6-7-9-17(16)21-20(22)13-11-15-10-12-18(24-5-2)19(14-15)23-3/h6-14H,4-5H2,1-3H3,(H,21,22). The monoisotopic (exact) mass is 325 g/mol. The lowest BCUT2D eigenvalue weighted by Gasteiger charge is -2.09. The van der Waals surface area contributed by atoms with Gasteiger partial charge >= 0.3 is 0 Å². The zero-order chi connectivity index (χ0) is 17.4. The van der Waals surface area contributed by atoms with Crippen molar-refractivity contribution in [2.24, 2.45) is 0 Å². The van der Waals surface area contributed by atoms with E-state index in [9.17, 15) is 4.79 Å². The zero-order valence-corrected chi connectivity index (χ0v) is 14.3. The summed E-state index contributed by atoms with van der Waals surface area (Å²) in [6.07, 6.45) is 4.14. The number of methoxy groups -OCH3 is 1. The fourth-order valence-corrected chi connectivity index (χ4v) is 2.36. The van der Waals surface area contributed by atoms with Crippen LogP contribution in [0.2, 0.25) is 0 Å². The molecule has 0 aliphatic heterocycles. The average Bonchev–Trinajstić information content (AvgIpc) is 2.61. The predicted octanol–water partition coefficient (Wildman–Crippen LogP) is 4.31. The molecule has 0 aromatic heterocycles. The van der Waals surface area contributed by atoms with Crippen LogP contribution >= 0.6 is 0 Å². The minimum atomic E-state index is -0.163. The van der Waals surface area contributed by atoms with Crippen molar-refractivity contribution < 1.29 is 14.3 Å². The van der Waals surface area contributed by atoms with E-state index in [1.165, 1.54) is 6.08 Å². The molecule has 0 aliphatic carbocycles. The van der Waals surface area contributed by atoms with E-state index >= 15 is 0 Å². The van der Waals surface area contributed by atoms with Gasteiger partial charge in [-0.15, -0.1) is 0 Å². The third-order valence-electron chi connectivity index (χ3n) is 3.57. The molecule has 0 fully saturated rings. The maximum Gasteiger partial charge on any atom is 0.248 e. The van der Waals surface area contributed by atoms with Crippen LogP contribution in [0, 0.1) is 0 Å². The lowest BCUT2D eigenvalue weighted by molar-refractivity contribution is -0.111. The van der Waals surface area contributed by atoms with Crippen LogP contribution in [0.1, 0.15) is 25.0 Å². The topological polar surface area (TPSA) is 47.6 Å². The highest BCUT2D eigenvalue weighted by atomic mass is 16.5. The Morgan fingerprint density at radius 3 is 2.62 bits per heavy atom. The summed E-state index contributed by atoms with van der Waals surface area (Å²) >= 11 is 0. The summed E-state index contributed by atoms with van der Waals surface area (Å²) in [5.41, 5.74) is 2.83. The van der Waals surface area contributed by atoms with Crippen molar-refractivity contribution in [3.63, 3.8) is 0 Å². The number of carbonyl (C=O) groups excluding carboxylic acids is 1. The van der Waals surface area contributed by atoms with Crippen LogP contribution in [0.5, 0.6) is 11.5 Å². The summed E-state index contributed by atoms with van der Waals surface area (Å²) in [6.45, 7) is 4.56. The first kappa shape index (κ1) is 17.6. The second-order valence-electron chi connectivity index (χ2n) is 5.18. The van der Waals surface area contributed by atoms with Gasteiger partial charge in [-0.25, -0.2) is 0 Å². The second-order valence-corrected chi connectivity index (χ2v) is 5.18. The maximum absolute atomic E-state index is 12.1. The van der Waals surface area contributed by atoms with Gasteiger partial charge in [-0.2, -0.15) is 0 Å². The van der Waals surface area contributed by atoms with Crippen molar-refractivity contribution >= 4 is 17.7 Å². The van der Waals surface area contributed by atoms with Gasteiger partial charge in [-0.3, -0.25) is 4.79 Å². The first-order chi connectivity index (χ1) is 11.7. The summed E-state index contributed by atoms with van der Waals surface area (Å²) in [7, 11) is 1.60. The number of anilines is 1. The lowest BCUT2D eigenvalue weighted by atomic mass is 10.1. The van der Waals surface area contributed by atoms with Gasteiger partial charge in [0.25, 0.3) is 0 Å². The van der Waals surface area contributed by atoms with Gasteiger partial charge in [0.1, 0.15) is 0 Å². The molecule has 0 atom stereocenters. The van der Waals surface area contributed by atoms with Crippen molar-refractivity contribution in [2.45, 2.75) is 20.3 Å². The van der Waals surface area contributed by atoms with Crippen molar-refractivity contribution in [3.8, 4) is 11.5 Å². The number of rotatable bonds is 7. The number of ether oxygens (including phenoxy) is 2. The first-order valence-corrected chi connectivity index (χ1v) is 8.05. The molecule has 126 valence electrons. The molecule has 0 unspecified atom stereocenters. The van der Waals surface area contributed by atoms with Gasteiger partial charge in [-0.1, -0.05) is 31.2 Å². The summed E-state index contributed by atoms with van der Waals surface area (Å²) < 4.78 is 10.8. The molecule has 1 N–H and O–H groups in total. The van der Waals surface area contributed by atoms with E-state index in [1.54, 1.807) is 13.2 Å². The van der Waals surface area contributed by atoms with Crippen molar-refractivity contribution in [2.75, 3.05) is 19.0 Å². The number of amides is 1. The molecule has 2 rings (SSSR count). The Bertz CT molecular complexity index is 723. The number of aryl methyl sites for hydroxylation is 1. The lowest BCUT2D eigenvalue weighted by Crippen LogP contribution is -2.09. The summed E-state index contributed by atoms with van der Waals surface area (Å²) in [4.78, 5) is 12.1. The molecule has 2 aromatic carbocycles. The second kappa shape index (κ2) is 8.77. The number of hydrogen-bond acceptors (Lipinski definition) is 3. The van der Waals surface area contributed by atoms with E-state index in [0.717, 1.165) is 23.2 Å². The highest BCUT2D eigenvalue weighted by molar-refractivity contribution is 6.02. The quantitative estimate of drug-likeness (QED) is 0.772. The molecule has 0 radical (unpaired) electrons. The minimum Gasteiger partial charge on any atom is -0.493 e. The van der Waals surface area contributed by atoms with Crippen LogP contribution in [0.25, 0.3) is 6.08 Å². The fraction of sp³-hybridized carbons (Fsp3) is 0.250. The van der Waals surface area contributed by atoms with Crippen LogP contribution < -0.4 is 14.8 Å². The zero-order valence-electron chi connectivity index (χ0n) is 14.3. The van der Waals surface area contributed by atoms with E-state index in [1.807, 2.05) is 49.4 Å². The number of para-hydroxylation sites is 1. The molecule has 0 heterocycles. The van der Waals surface area contributed by atoms with Crippen LogP contribution in [-0.2, 0) is 11.2 Å². The smallest absolute Gasteiger partial charge is 0.248 e. The molecule has 2 aromatic rings. The Balaban J connectivity index is 2.08. The van der Waals surface area contributed by atoms with Crippen molar-refractivity contribution in [1.82, 2.24) is 0 Å². The third-order valence-corrected chi connectivity index (χ3v) is 3.57. The average molecular weight is 325 g/mol. The van der Waals surface area contributed by atoms with Crippen LogP contribution in [0.3, 0.4) is 0 Å². The van der Waals surface area contributed by atoms with E-state index < -0.39 is 0 Å². The largest absolute Gasteiger partial charge is 0.493 e. The van der Waals surface area contributed by atoms with Crippen LogP contribution in [0.4, 0.5) is 5.69 Å². The Morgan fingerprint density at radius 2 is 1.92 bits per heavy atom. The SMILES string of the molecule is CCOc1ccc(C=CC(=O)Nc2ccccc2CC)cc1OC. The highest BCUT2D eigenvalue weighted by Gasteiger charge is 2.05. The summed E-state index contributed by atoms with van der Waals surface area (Å²) in [5, 5.41) is 2.91. The normalized spacial score (nSPS) is 10.6. The summed E-state index contributed by atoms with van der Waals surface area (Å²) in [6, 6.07) is 13.4. The number of benzene rings is 2. The molecule has 0 bridgehead atoms. The van der Waals surface area contributed by atoms with Gasteiger partial charge in [0.05, 0.1) is 13.7 Å². The summed E-state index contributed by atoms with van der Waals surface area (Å²) in [5.74, 6) is 1.18. The molecule has 0 spiro atoms. The van der Waals surface area contributed by atoms with Gasteiger partial charge in [-0.05, 0) is 48.7 Å². The molecular formula is C20H23NO3.